The van der Waals surface area contributed by atoms with Crippen molar-refractivity contribution < 1.29 is 39.0 Å². The first-order valence-electron chi connectivity index (χ1n) is 6.63. The topological polar surface area (TPSA) is 107 Å². The maximum absolute atomic E-state index is 8.50. The highest BCUT2D eigenvalue weighted by molar-refractivity contribution is 4.36. The molecule has 0 heterocycles. The van der Waals surface area contributed by atoms with Crippen LogP contribution in [0, 0.1) is 0 Å². The Labute approximate surface area is 119 Å². The Kier molecular flexibility index (Phi) is 16.5. The van der Waals surface area contributed by atoms with Gasteiger partial charge in [-0.25, -0.2) is 0 Å². The molecule has 0 aromatic carbocycles. The molecule has 0 spiro atoms. The van der Waals surface area contributed by atoms with Crippen molar-refractivity contribution >= 4 is 0 Å². The molecule has 0 rings (SSSR count). The summed E-state index contributed by atoms with van der Waals surface area (Å²) >= 11 is 0. The van der Waals surface area contributed by atoms with Gasteiger partial charge >= 0.3 is 0 Å². The van der Waals surface area contributed by atoms with Crippen molar-refractivity contribution in [3.63, 3.8) is 0 Å². The molecule has 3 N–H and O–H groups in total. The molecule has 0 unspecified atom stereocenters. The van der Waals surface area contributed by atoms with E-state index in [0.717, 1.165) is 0 Å². The van der Waals surface area contributed by atoms with Gasteiger partial charge in [0.05, 0.1) is 72.7 Å². The molecule has 0 bridgehead atoms. The van der Waals surface area contributed by atoms with E-state index >= 15 is 0 Å². The Morgan fingerprint density at radius 2 is 0.900 bits per heavy atom. The van der Waals surface area contributed by atoms with Crippen LogP contribution in [0.4, 0.5) is 0 Å². The van der Waals surface area contributed by atoms with Crippen molar-refractivity contribution in [2.24, 2.45) is 0 Å². The van der Waals surface area contributed by atoms with E-state index in [-0.39, 0.29) is 13.2 Å². The largest absolute Gasteiger partial charge is 0.394 e. The number of hydrogen-bond acceptors (Lipinski definition) is 8. The third kappa shape index (κ3) is 17.7. The third-order valence-electron chi connectivity index (χ3n) is 1.99. The highest BCUT2D eigenvalue weighted by atomic mass is 16.6. The summed E-state index contributed by atoms with van der Waals surface area (Å²) < 4.78 is 25.6. The maximum Gasteiger partial charge on any atom is 0.175 e. The normalized spacial score (nSPS) is 11.4. The molecule has 0 aliphatic rings. The molecule has 0 atom stereocenters. The van der Waals surface area contributed by atoms with Gasteiger partial charge in [-0.2, -0.15) is 0 Å². The molecule has 0 fully saturated rings. The summed E-state index contributed by atoms with van der Waals surface area (Å²) in [6.07, 6.45) is -1.44. The lowest BCUT2D eigenvalue weighted by Crippen LogP contribution is -2.17. The molecular formula is C12H26O8. The lowest BCUT2D eigenvalue weighted by atomic mass is 10.6. The van der Waals surface area contributed by atoms with Crippen LogP contribution in [-0.2, 0) is 23.7 Å². The van der Waals surface area contributed by atoms with Crippen LogP contribution < -0.4 is 0 Å². The van der Waals surface area contributed by atoms with Crippen LogP contribution in [0.25, 0.3) is 0 Å². The van der Waals surface area contributed by atoms with Gasteiger partial charge in [-0.1, -0.05) is 0 Å². The Bertz CT molecular complexity index is 179. The quantitative estimate of drug-likeness (QED) is 0.230. The van der Waals surface area contributed by atoms with E-state index in [1.165, 1.54) is 0 Å². The van der Waals surface area contributed by atoms with Crippen molar-refractivity contribution in [1.29, 1.82) is 0 Å². The first-order chi connectivity index (χ1) is 9.77. The maximum atomic E-state index is 8.50. The molecule has 0 aromatic heterocycles. The van der Waals surface area contributed by atoms with Crippen LogP contribution in [-0.4, -0.2) is 94.3 Å². The number of rotatable bonds is 16. The monoisotopic (exact) mass is 298 g/mol. The van der Waals surface area contributed by atoms with Crippen molar-refractivity contribution in [2.45, 2.75) is 6.29 Å². The van der Waals surface area contributed by atoms with Crippen LogP contribution >= 0.6 is 0 Å². The summed E-state index contributed by atoms with van der Waals surface area (Å²) in [6, 6.07) is 0. The molecule has 0 aliphatic heterocycles. The van der Waals surface area contributed by atoms with Gasteiger partial charge in [0.1, 0.15) is 0 Å². The molecule has 122 valence electrons. The summed E-state index contributed by atoms with van der Waals surface area (Å²) in [5, 5.41) is 25.4. The fourth-order valence-corrected chi connectivity index (χ4v) is 1.13. The van der Waals surface area contributed by atoms with Crippen LogP contribution in [0.15, 0.2) is 0 Å². The average Bonchev–Trinajstić information content (AvgIpc) is 2.43. The average molecular weight is 298 g/mol. The smallest absolute Gasteiger partial charge is 0.175 e. The molecule has 0 amide bonds. The minimum atomic E-state index is -1.44. The van der Waals surface area contributed by atoms with Crippen LogP contribution in [0.1, 0.15) is 0 Å². The highest BCUT2D eigenvalue weighted by Gasteiger charge is 1.96. The summed E-state index contributed by atoms with van der Waals surface area (Å²) in [5.41, 5.74) is 0. The number of aliphatic hydroxyl groups is 3. The zero-order valence-electron chi connectivity index (χ0n) is 11.7. The zero-order valence-corrected chi connectivity index (χ0v) is 11.7. The fraction of sp³-hybridized carbons (Fsp3) is 1.00. The first kappa shape index (κ1) is 19.7. The Morgan fingerprint density at radius 1 is 0.550 bits per heavy atom. The van der Waals surface area contributed by atoms with Crippen LogP contribution in [0.3, 0.4) is 0 Å². The molecule has 0 saturated heterocycles. The second-order valence-corrected chi connectivity index (χ2v) is 3.73. The Balaban J connectivity index is 2.92. The van der Waals surface area contributed by atoms with Gasteiger partial charge in [-0.15, -0.1) is 0 Å². The fourth-order valence-electron chi connectivity index (χ4n) is 1.13. The van der Waals surface area contributed by atoms with Crippen LogP contribution in [0.2, 0.25) is 0 Å². The van der Waals surface area contributed by atoms with Gasteiger partial charge in [0, 0.05) is 0 Å². The standard InChI is InChI=1S/C12H26O8/c13-1-2-16-3-4-17-5-6-18-7-8-19-9-10-20-11-12(14)15/h12-15H,1-11H2. The zero-order chi connectivity index (χ0) is 14.9. The van der Waals surface area contributed by atoms with E-state index in [4.69, 9.17) is 39.0 Å². The lowest BCUT2D eigenvalue weighted by Gasteiger charge is -2.08. The molecule has 0 aromatic rings. The molecule has 8 nitrogen and oxygen atoms in total. The number of ether oxygens (including phenoxy) is 5. The van der Waals surface area contributed by atoms with Gasteiger partial charge in [-0.05, 0) is 0 Å². The molecule has 0 radical (unpaired) electrons. The van der Waals surface area contributed by atoms with E-state index < -0.39 is 6.29 Å². The second-order valence-electron chi connectivity index (χ2n) is 3.73. The van der Waals surface area contributed by atoms with Gasteiger partial charge in [-0.3, -0.25) is 0 Å². The third-order valence-corrected chi connectivity index (χ3v) is 1.99. The Hall–Kier alpha value is -0.320. The minimum absolute atomic E-state index is 0.0226. The predicted molar refractivity (Wildman–Crippen MR) is 69.4 cm³/mol. The van der Waals surface area contributed by atoms with Crippen molar-refractivity contribution in [3.8, 4) is 0 Å². The Morgan fingerprint density at radius 3 is 1.25 bits per heavy atom. The SMILES string of the molecule is OCCOCCOCCOCCOCCOCC(O)O. The minimum Gasteiger partial charge on any atom is -0.394 e. The number of hydrogen-bond donors (Lipinski definition) is 3. The molecule has 0 aliphatic carbocycles. The summed E-state index contributed by atoms with van der Waals surface area (Å²) in [7, 11) is 0. The van der Waals surface area contributed by atoms with E-state index in [1.54, 1.807) is 0 Å². The summed E-state index contributed by atoms with van der Waals surface area (Å²) in [5.74, 6) is 0. The van der Waals surface area contributed by atoms with Crippen molar-refractivity contribution in [1.82, 2.24) is 0 Å². The highest BCUT2D eigenvalue weighted by Crippen LogP contribution is 1.84. The lowest BCUT2D eigenvalue weighted by molar-refractivity contribution is -0.101. The van der Waals surface area contributed by atoms with E-state index in [0.29, 0.717) is 59.5 Å². The van der Waals surface area contributed by atoms with Gasteiger partial charge in [0.25, 0.3) is 0 Å². The van der Waals surface area contributed by atoms with E-state index in [2.05, 4.69) is 0 Å². The van der Waals surface area contributed by atoms with Gasteiger partial charge < -0.3 is 39.0 Å². The van der Waals surface area contributed by atoms with Gasteiger partial charge in [0.2, 0.25) is 0 Å². The predicted octanol–water partition coefficient (Wildman–Crippen LogP) is -1.63. The first-order valence-corrected chi connectivity index (χ1v) is 6.63. The molecular weight excluding hydrogens is 272 g/mol. The molecule has 20 heavy (non-hydrogen) atoms. The summed E-state index contributed by atoms with van der Waals surface area (Å²) in [4.78, 5) is 0. The summed E-state index contributed by atoms with van der Waals surface area (Å²) in [6.45, 7) is 3.77. The van der Waals surface area contributed by atoms with E-state index in [1.807, 2.05) is 0 Å². The second kappa shape index (κ2) is 16.7. The van der Waals surface area contributed by atoms with Crippen LogP contribution in [0.5, 0.6) is 0 Å². The number of aliphatic hydroxyl groups excluding tert-OH is 2. The molecule has 0 saturated carbocycles. The van der Waals surface area contributed by atoms with Crippen molar-refractivity contribution in [3.05, 3.63) is 0 Å². The van der Waals surface area contributed by atoms with E-state index in [9.17, 15) is 0 Å². The van der Waals surface area contributed by atoms with Gasteiger partial charge in [0.15, 0.2) is 6.29 Å². The van der Waals surface area contributed by atoms with Crippen molar-refractivity contribution in [2.75, 3.05) is 72.7 Å². The molecule has 8 heteroatoms.